The average molecular weight is 307 g/mol. The van der Waals surface area contributed by atoms with Gasteiger partial charge in [-0.05, 0) is 37.3 Å². The summed E-state index contributed by atoms with van der Waals surface area (Å²) in [5.41, 5.74) is 0.900. The Hall–Kier alpha value is -2.27. The van der Waals surface area contributed by atoms with Crippen molar-refractivity contribution in [3.63, 3.8) is 0 Å². The fourth-order valence-corrected chi connectivity index (χ4v) is 2.27. The van der Waals surface area contributed by atoms with Crippen LogP contribution in [0.1, 0.15) is 17.4 Å². The SMILES string of the molecule is CCn1cccc1C(=O)N(CC(=O)O)c1cccc(Cl)c1. The van der Waals surface area contributed by atoms with Gasteiger partial charge in [-0.25, -0.2) is 0 Å². The Kier molecular flexibility index (Phi) is 4.65. The van der Waals surface area contributed by atoms with Gasteiger partial charge in [-0.15, -0.1) is 0 Å². The number of halogens is 1. The fraction of sp³-hybridized carbons (Fsp3) is 0.200. The number of aliphatic carboxylic acids is 1. The van der Waals surface area contributed by atoms with E-state index in [1.54, 1.807) is 47.2 Å². The molecule has 5 nitrogen and oxygen atoms in total. The quantitative estimate of drug-likeness (QED) is 0.924. The molecule has 21 heavy (non-hydrogen) atoms. The monoisotopic (exact) mass is 306 g/mol. The van der Waals surface area contributed by atoms with E-state index in [4.69, 9.17) is 16.7 Å². The topological polar surface area (TPSA) is 62.5 Å². The summed E-state index contributed by atoms with van der Waals surface area (Å²) in [7, 11) is 0. The van der Waals surface area contributed by atoms with E-state index in [2.05, 4.69) is 0 Å². The smallest absolute Gasteiger partial charge is 0.323 e. The number of carboxylic acids is 1. The van der Waals surface area contributed by atoms with Gasteiger partial charge < -0.3 is 9.67 Å². The van der Waals surface area contributed by atoms with Crippen LogP contribution in [0.5, 0.6) is 0 Å². The number of aromatic nitrogens is 1. The highest BCUT2D eigenvalue weighted by atomic mass is 35.5. The Morgan fingerprint density at radius 1 is 1.29 bits per heavy atom. The van der Waals surface area contributed by atoms with Gasteiger partial charge in [0.25, 0.3) is 5.91 Å². The van der Waals surface area contributed by atoms with Crippen LogP contribution in [-0.4, -0.2) is 28.1 Å². The highest BCUT2D eigenvalue weighted by Gasteiger charge is 2.22. The largest absolute Gasteiger partial charge is 0.480 e. The van der Waals surface area contributed by atoms with Gasteiger partial charge in [0, 0.05) is 23.5 Å². The zero-order chi connectivity index (χ0) is 15.4. The zero-order valence-corrected chi connectivity index (χ0v) is 12.2. The molecular formula is C15H15ClN2O3. The number of carbonyl (C=O) groups is 2. The van der Waals surface area contributed by atoms with Gasteiger partial charge in [-0.3, -0.25) is 14.5 Å². The van der Waals surface area contributed by atoms with Gasteiger partial charge in [0.05, 0.1) is 0 Å². The number of hydrogen-bond donors (Lipinski definition) is 1. The van der Waals surface area contributed by atoms with Crippen LogP contribution in [0.25, 0.3) is 0 Å². The molecule has 0 spiro atoms. The Bertz CT molecular complexity index is 666. The van der Waals surface area contributed by atoms with E-state index in [0.29, 0.717) is 22.9 Å². The first kappa shape index (κ1) is 15.1. The molecule has 6 heteroatoms. The molecule has 0 bridgehead atoms. The van der Waals surface area contributed by atoms with E-state index in [9.17, 15) is 9.59 Å². The van der Waals surface area contributed by atoms with E-state index in [-0.39, 0.29) is 5.91 Å². The lowest BCUT2D eigenvalue weighted by Gasteiger charge is -2.21. The molecule has 1 heterocycles. The third-order valence-corrected chi connectivity index (χ3v) is 3.28. The third-order valence-electron chi connectivity index (χ3n) is 3.05. The molecule has 0 aliphatic heterocycles. The van der Waals surface area contributed by atoms with Gasteiger partial charge in [0.2, 0.25) is 0 Å². The number of amides is 1. The van der Waals surface area contributed by atoms with Crippen molar-refractivity contribution in [3.05, 3.63) is 53.3 Å². The number of carboxylic acid groups (broad SMARTS) is 1. The summed E-state index contributed by atoms with van der Waals surface area (Å²) in [4.78, 5) is 24.9. The molecule has 0 atom stereocenters. The third kappa shape index (κ3) is 3.44. The van der Waals surface area contributed by atoms with Crippen LogP contribution in [0.3, 0.4) is 0 Å². The normalized spacial score (nSPS) is 10.4. The molecule has 0 radical (unpaired) electrons. The highest BCUT2D eigenvalue weighted by molar-refractivity contribution is 6.31. The maximum atomic E-state index is 12.6. The lowest BCUT2D eigenvalue weighted by Crippen LogP contribution is -2.36. The van der Waals surface area contributed by atoms with Crippen LogP contribution < -0.4 is 4.90 Å². The van der Waals surface area contributed by atoms with E-state index < -0.39 is 12.5 Å². The maximum Gasteiger partial charge on any atom is 0.323 e. The minimum Gasteiger partial charge on any atom is -0.480 e. The van der Waals surface area contributed by atoms with Crippen LogP contribution in [0.15, 0.2) is 42.6 Å². The molecule has 0 aliphatic carbocycles. The molecule has 1 amide bonds. The number of aryl methyl sites for hydroxylation is 1. The van der Waals surface area contributed by atoms with Crippen LogP contribution in [-0.2, 0) is 11.3 Å². The molecule has 1 aromatic carbocycles. The minimum atomic E-state index is -1.09. The molecule has 0 fully saturated rings. The molecule has 0 saturated carbocycles. The molecule has 110 valence electrons. The predicted molar refractivity (Wildman–Crippen MR) is 80.9 cm³/mol. The highest BCUT2D eigenvalue weighted by Crippen LogP contribution is 2.21. The molecule has 1 aromatic heterocycles. The summed E-state index contributed by atoms with van der Waals surface area (Å²) in [5, 5.41) is 9.50. The Labute approximate surface area is 127 Å². The second-order valence-corrected chi connectivity index (χ2v) is 4.88. The molecule has 0 saturated heterocycles. The van der Waals surface area contributed by atoms with E-state index >= 15 is 0 Å². The van der Waals surface area contributed by atoms with Crippen molar-refractivity contribution in [1.29, 1.82) is 0 Å². The Morgan fingerprint density at radius 2 is 2.05 bits per heavy atom. The summed E-state index contributed by atoms with van der Waals surface area (Å²) in [5.74, 6) is -1.45. The molecule has 1 N–H and O–H groups in total. The first-order chi connectivity index (χ1) is 10.0. The van der Waals surface area contributed by atoms with E-state index in [0.717, 1.165) is 0 Å². The number of rotatable bonds is 5. The zero-order valence-electron chi connectivity index (χ0n) is 11.5. The average Bonchev–Trinajstić information content (AvgIpc) is 2.92. The lowest BCUT2D eigenvalue weighted by molar-refractivity contribution is -0.135. The van der Waals surface area contributed by atoms with Crippen LogP contribution in [0.4, 0.5) is 5.69 Å². The van der Waals surface area contributed by atoms with Gasteiger partial charge in [-0.1, -0.05) is 17.7 Å². The minimum absolute atomic E-state index is 0.369. The predicted octanol–water partition coefficient (Wildman–Crippen LogP) is 2.89. The summed E-state index contributed by atoms with van der Waals surface area (Å²) in [6.45, 7) is 2.12. The second-order valence-electron chi connectivity index (χ2n) is 4.44. The van der Waals surface area contributed by atoms with Gasteiger partial charge in [-0.2, -0.15) is 0 Å². The van der Waals surface area contributed by atoms with Crippen molar-refractivity contribution in [1.82, 2.24) is 4.57 Å². The van der Waals surface area contributed by atoms with Crippen molar-refractivity contribution in [2.24, 2.45) is 0 Å². The van der Waals surface area contributed by atoms with Crippen molar-refractivity contribution in [2.45, 2.75) is 13.5 Å². The van der Waals surface area contributed by atoms with Crippen LogP contribution in [0.2, 0.25) is 5.02 Å². The molecule has 0 aliphatic rings. The molecule has 0 unspecified atom stereocenters. The number of hydrogen-bond acceptors (Lipinski definition) is 2. The van der Waals surface area contributed by atoms with Gasteiger partial charge >= 0.3 is 5.97 Å². The van der Waals surface area contributed by atoms with Gasteiger partial charge in [0.15, 0.2) is 0 Å². The first-order valence-electron chi connectivity index (χ1n) is 6.47. The van der Waals surface area contributed by atoms with Crippen molar-refractivity contribution < 1.29 is 14.7 Å². The first-order valence-corrected chi connectivity index (χ1v) is 6.85. The summed E-state index contributed by atoms with van der Waals surface area (Å²) < 4.78 is 1.77. The maximum absolute atomic E-state index is 12.6. The summed E-state index contributed by atoms with van der Waals surface area (Å²) >= 11 is 5.92. The van der Waals surface area contributed by atoms with E-state index in [1.807, 2.05) is 6.92 Å². The Morgan fingerprint density at radius 3 is 2.67 bits per heavy atom. The number of nitrogens with zero attached hydrogens (tertiary/aromatic N) is 2. The summed E-state index contributed by atoms with van der Waals surface area (Å²) in [6.07, 6.45) is 1.78. The number of carbonyl (C=O) groups excluding carboxylic acids is 1. The van der Waals surface area contributed by atoms with Crippen molar-refractivity contribution >= 4 is 29.2 Å². The van der Waals surface area contributed by atoms with E-state index in [1.165, 1.54) is 4.90 Å². The van der Waals surface area contributed by atoms with Gasteiger partial charge in [0.1, 0.15) is 12.2 Å². The second kappa shape index (κ2) is 6.45. The van der Waals surface area contributed by atoms with Crippen molar-refractivity contribution in [3.8, 4) is 0 Å². The Balaban J connectivity index is 2.41. The lowest BCUT2D eigenvalue weighted by atomic mass is 10.2. The number of benzene rings is 1. The number of anilines is 1. The standard InChI is InChI=1S/C15H15ClN2O3/c1-2-17-8-4-7-13(17)15(21)18(10-14(19)20)12-6-3-5-11(16)9-12/h3-9H,2,10H2,1H3,(H,19,20). The molecule has 2 rings (SSSR count). The van der Waals surface area contributed by atoms with Crippen molar-refractivity contribution in [2.75, 3.05) is 11.4 Å². The van der Waals surface area contributed by atoms with Crippen LogP contribution in [0, 0.1) is 0 Å². The summed E-state index contributed by atoms with van der Waals surface area (Å²) in [6, 6.07) is 10.0. The molecular weight excluding hydrogens is 292 g/mol. The molecule has 2 aromatic rings. The van der Waals surface area contributed by atoms with Crippen LogP contribution >= 0.6 is 11.6 Å². The fourth-order valence-electron chi connectivity index (χ4n) is 2.08.